The van der Waals surface area contributed by atoms with Crippen molar-refractivity contribution in [3.05, 3.63) is 47.2 Å². The highest BCUT2D eigenvalue weighted by Crippen LogP contribution is 2.42. The van der Waals surface area contributed by atoms with Crippen LogP contribution in [0.5, 0.6) is 0 Å². The Hall–Kier alpha value is -4.48. The Morgan fingerprint density at radius 2 is 1.72 bits per heavy atom. The molecule has 0 radical (unpaired) electrons. The van der Waals surface area contributed by atoms with Gasteiger partial charge in [-0.2, -0.15) is 5.48 Å². The predicted octanol–water partition coefficient (Wildman–Crippen LogP) is -0.00830. The lowest BCUT2D eigenvalue weighted by Gasteiger charge is -2.49. The Morgan fingerprint density at radius 3 is 2.30 bits per heavy atom. The van der Waals surface area contributed by atoms with E-state index in [0.717, 1.165) is 23.6 Å². The second-order valence-corrected chi connectivity index (χ2v) is 12.6. The summed E-state index contributed by atoms with van der Waals surface area (Å²) in [5, 5.41) is 13.8. The number of nitrogens with zero attached hydrogens (tertiary/aromatic N) is 3. The van der Waals surface area contributed by atoms with E-state index in [1.165, 1.54) is 4.90 Å². The molecular formula is C29H36N6O10S. The predicted molar refractivity (Wildman–Crippen MR) is 160 cm³/mol. The summed E-state index contributed by atoms with van der Waals surface area (Å²) in [5.41, 5.74) is 0.988. The van der Waals surface area contributed by atoms with Crippen LogP contribution in [-0.2, 0) is 38.2 Å². The highest BCUT2D eigenvalue weighted by molar-refractivity contribution is 8.00. The van der Waals surface area contributed by atoms with Gasteiger partial charge in [0.05, 0.1) is 0 Å². The zero-order chi connectivity index (χ0) is 33.9. The molecule has 46 heavy (non-hydrogen) atoms. The molecule has 0 aromatic heterocycles. The van der Waals surface area contributed by atoms with Crippen molar-refractivity contribution in [3.8, 4) is 0 Å². The number of ether oxygens (including phenoxy) is 2. The van der Waals surface area contributed by atoms with Crippen molar-refractivity contribution in [2.45, 2.75) is 63.9 Å². The summed E-state index contributed by atoms with van der Waals surface area (Å²) in [7, 11) is 0. The molecule has 3 aliphatic heterocycles. The molecular weight excluding hydrogens is 624 g/mol. The highest BCUT2D eigenvalue weighted by Gasteiger charge is 2.55. The second-order valence-electron chi connectivity index (χ2n) is 11.5. The maximum Gasteiger partial charge on any atom is 0.355 e. The monoisotopic (exact) mass is 660 g/mol. The molecule has 2 fully saturated rings. The largest absolute Gasteiger partial charge is 0.455 e. The Morgan fingerprint density at radius 1 is 1.04 bits per heavy atom. The number of amides is 6. The summed E-state index contributed by atoms with van der Waals surface area (Å²) in [6.45, 7) is 7.95. The zero-order valence-electron chi connectivity index (χ0n) is 25.9. The van der Waals surface area contributed by atoms with Crippen LogP contribution < -0.4 is 16.1 Å². The number of carbonyl (C=O) groups is 7. The molecule has 1 aromatic rings. The molecule has 3 aliphatic rings. The lowest BCUT2D eigenvalue weighted by Crippen LogP contribution is -2.70. The maximum absolute atomic E-state index is 13.9. The van der Waals surface area contributed by atoms with Crippen molar-refractivity contribution in [3.63, 3.8) is 0 Å². The van der Waals surface area contributed by atoms with Crippen LogP contribution in [0.1, 0.15) is 46.2 Å². The third-order valence-electron chi connectivity index (χ3n) is 7.20. The van der Waals surface area contributed by atoms with Gasteiger partial charge in [0, 0.05) is 37.9 Å². The van der Waals surface area contributed by atoms with Gasteiger partial charge in [0.1, 0.15) is 28.8 Å². The van der Waals surface area contributed by atoms with Crippen LogP contribution in [-0.4, -0.2) is 110 Å². The molecule has 0 spiro atoms. The van der Waals surface area contributed by atoms with Gasteiger partial charge >= 0.3 is 29.8 Å². The average Bonchev–Trinajstić information content (AvgIpc) is 2.99. The van der Waals surface area contributed by atoms with E-state index in [1.54, 1.807) is 58.0 Å². The number of urea groups is 1. The first kappa shape index (κ1) is 34.4. The number of benzene rings is 1. The summed E-state index contributed by atoms with van der Waals surface area (Å²) in [4.78, 5) is 94.0. The molecule has 1 aromatic carbocycles. The molecule has 4 rings (SSSR count). The summed E-state index contributed by atoms with van der Waals surface area (Å²) < 4.78 is 11.0. The first-order chi connectivity index (χ1) is 21.7. The highest BCUT2D eigenvalue weighted by atomic mass is 32.2. The van der Waals surface area contributed by atoms with E-state index in [0.29, 0.717) is 4.90 Å². The number of likely N-dealkylation sites (N-methyl/N-ethyl adjacent to an activating group) is 1. The first-order valence-electron chi connectivity index (χ1n) is 14.4. The third kappa shape index (κ3) is 7.16. The van der Waals surface area contributed by atoms with Crippen molar-refractivity contribution >= 4 is 53.4 Å². The molecule has 3 heterocycles. The quantitative estimate of drug-likeness (QED) is 0.0908. The number of fused-ring (bicyclic) bond motifs is 1. The Kier molecular flexibility index (Phi) is 10.4. The van der Waals surface area contributed by atoms with E-state index in [-0.39, 0.29) is 42.2 Å². The average molecular weight is 661 g/mol. The van der Waals surface area contributed by atoms with Crippen LogP contribution in [0.4, 0.5) is 4.79 Å². The van der Waals surface area contributed by atoms with Crippen molar-refractivity contribution in [1.29, 1.82) is 0 Å². The number of hydroxylamine groups is 1. The minimum Gasteiger partial charge on any atom is -0.455 e. The molecule has 248 valence electrons. The SMILES string of the molecule is CCN1CCN(C(=O)NC(C(=O)NC(OC(C)=O)C2=C(C(=O)OC(C)(C)C)N3C(=O)[C@H](NO)[C@H]3SC2)c2ccccc2)C(=O)C1=O. The van der Waals surface area contributed by atoms with Crippen molar-refractivity contribution < 1.29 is 48.2 Å². The molecule has 2 unspecified atom stereocenters. The summed E-state index contributed by atoms with van der Waals surface area (Å²) in [6, 6.07) is 4.53. The molecule has 6 amide bonds. The summed E-state index contributed by atoms with van der Waals surface area (Å²) in [6.07, 6.45) is -1.60. The number of thioether (sulfide) groups is 1. The Labute approximate surface area is 268 Å². The number of rotatable bonds is 9. The van der Waals surface area contributed by atoms with E-state index in [2.05, 4.69) is 10.6 Å². The van der Waals surface area contributed by atoms with Crippen LogP contribution in [0.3, 0.4) is 0 Å². The van der Waals surface area contributed by atoms with E-state index >= 15 is 0 Å². The minimum atomic E-state index is -1.60. The van der Waals surface area contributed by atoms with Crippen molar-refractivity contribution in [2.75, 3.05) is 25.4 Å². The van der Waals surface area contributed by atoms with Crippen LogP contribution in [0.2, 0.25) is 0 Å². The van der Waals surface area contributed by atoms with Crippen molar-refractivity contribution in [1.82, 2.24) is 30.8 Å². The number of carbonyl (C=O) groups excluding carboxylic acids is 7. The lowest BCUT2D eigenvalue weighted by atomic mass is 10.0. The fraction of sp³-hybridized carbons (Fsp3) is 0.483. The van der Waals surface area contributed by atoms with E-state index in [9.17, 15) is 38.8 Å². The second kappa shape index (κ2) is 13.9. The number of esters is 2. The number of piperazine rings is 1. The zero-order valence-corrected chi connectivity index (χ0v) is 26.7. The number of β-lactam (4-membered cyclic amide) rings is 1. The van der Waals surface area contributed by atoms with Crippen LogP contribution in [0.15, 0.2) is 41.6 Å². The number of hydrogen-bond donors (Lipinski definition) is 4. The topological polar surface area (TPSA) is 204 Å². The molecule has 4 atom stereocenters. The molecule has 0 aliphatic carbocycles. The summed E-state index contributed by atoms with van der Waals surface area (Å²) >= 11 is 1.14. The fourth-order valence-electron chi connectivity index (χ4n) is 5.03. The van der Waals surface area contributed by atoms with Crippen LogP contribution in [0, 0.1) is 0 Å². The van der Waals surface area contributed by atoms with Gasteiger partial charge < -0.3 is 30.2 Å². The normalized spacial score (nSPS) is 21.2. The molecule has 4 N–H and O–H groups in total. The molecule has 16 nitrogen and oxygen atoms in total. The van der Waals surface area contributed by atoms with E-state index in [1.807, 2.05) is 5.48 Å². The molecule has 0 bridgehead atoms. The van der Waals surface area contributed by atoms with Crippen LogP contribution in [0.25, 0.3) is 0 Å². The van der Waals surface area contributed by atoms with E-state index < -0.39 is 70.9 Å². The maximum atomic E-state index is 13.9. The van der Waals surface area contributed by atoms with Gasteiger partial charge in [-0.15, -0.1) is 11.8 Å². The Balaban J connectivity index is 1.68. The van der Waals surface area contributed by atoms with Gasteiger partial charge in [0.25, 0.3) is 5.91 Å². The number of nitrogens with one attached hydrogen (secondary N) is 3. The minimum absolute atomic E-state index is 0.0263. The lowest BCUT2D eigenvalue weighted by molar-refractivity contribution is -0.161. The van der Waals surface area contributed by atoms with Crippen LogP contribution >= 0.6 is 11.8 Å². The fourth-order valence-corrected chi connectivity index (χ4v) is 6.40. The Bertz CT molecular complexity index is 1460. The van der Waals surface area contributed by atoms with Gasteiger partial charge in [0.15, 0.2) is 0 Å². The summed E-state index contributed by atoms with van der Waals surface area (Å²) in [5.74, 6) is -5.24. The number of hydrogen-bond acceptors (Lipinski definition) is 12. The van der Waals surface area contributed by atoms with Gasteiger partial charge in [-0.05, 0) is 33.3 Å². The molecule has 2 saturated heterocycles. The van der Waals surface area contributed by atoms with E-state index in [4.69, 9.17) is 9.47 Å². The van der Waals surface area contributed by atoms with Gasteiger partial charge in [-0.1, -0.05) is 30.3 Å². The standard InChI is InChI=1S/C29H36N6O10S/c1-6-33-12-13-34(25(40)24(33)39)28(42)30-18(16-10-8-7-9-11-16)21(37)31-22(44-15(2)36)17-14-46-26-19(32-43)23(38)35(26)20(17)27(41)45-29(3,4)5/h7-11,18-19,22,26,32,43H,6,12-14H2,1-5H3,(H,30,42)(H,31,37)/t18?,19-,22?,26+/m0/s1. The van der Waals surface area contributed by atoms with Gasteiger partial charge in [-0.25, -0.2) is 9.59 Å². The van der Waals surface area contributed by atoms with Crippen molar-refractivity contribution in [2.24, 2.45) is 0 Å². The third-order valence-corrected chi connectivity index (χ3v) is 8.50. The molecule has 0 saturated carbocycles. The van der Waals surface area contributed by atoms with Gasteiger partial charge in [-0.3, -0.25) is 33.8 Å². The smallest absolute Gasteiger partial charge is 0.355 e. The first-order valence-corrected chi connectivity index (χ1v) is 15.5. The number of imide groups is 1. The van der Waals surface area contributed by atoms with Gasteiger partial charge in [0.2, 0.25) is 12.1 Å². The molecule has 17 heteroatoms.